The van der Waals surface area contributed by atoms with Crippen LogP contribution in [0.25, 0.3) is 0 Å². The van der Waals surface area contributed by atoms with Crippen LogP contribution in [0.1, 0.15) is 23.5 Å². The molecule has 0 N–H and O–H groups in total. The van der Waals surface area contributed by atoms with Crippen molar-refractivity contribution in [3.8, 4) is 5.88 Å². The van der Waals surface area contributed by atoms with E-state index < -0.39 is 0 Å². The molecule has 0 unspecified atom stereocenters. The van der Waals surface area contributed by atoms with Gasteiger partial charge in [0.05, 0.1) is 6.42 Å². The molecular formula is C16H19N3O2S. The summed E-state index contributed by atoms with van der Waals surface area (Å²) in [6, 6.07) is 5.77. The van der Waals surface area contributed by atoms with Gasteiger partial charge in [-0.1, -0.05) is 6.07 Å². The lowest BCUT2D eigenvalue weighted by atomic mass is 10.1. The molecule has 0 bridgehead atoms. The molecule has 0 aromatic carbocycles. The number of likely N-dealkylation sites (tertiary alicyclic amines) is 1. The summed E-state index contributed by atoms with van der Waals surface area (Å²) in [4.78, 5) is 23.6. The minimum atomic E-state index is 0.125. The molecule has 0 aliphatic carbocycles. The second kappa shape index (κ2) is 6.87. The maximum absolute atomic E-state index is 12.2. The Bertz CT molecular complexity index is 622. The molecule has 1 amide bonds. The zero-order valence-corrected chi connectivity index (χ0v) is 13.4. The van der Waals surface area contributed by atoms with E-state index in [1.807, 2.05) is 29.3 Å². The van der Waals surface area contributed by atoms with Gasteiger partial charge in [-0.05, 0) is 18.4 Å². The Morgan fingerprint density at radius 1 is 1.41 bits per heavy atom. The summed E-state index contributed by atoms with van der Waals surface area (Å²) < 4.78 is 5.88. The van der Waals surface area contributed by atoms with Crippen molar-refractivity contribution in [3.05, 3.63) is 40.5 Å². The monoisotopic (exact) mass is 317 g/mol. The van der Waals surface area contributed by atoms with Crippen molar-refractivity contribution in [2.24, 2.45) is 0 Å². The molecule has 3 rings (SSSR count). The zero-order valence-electron chi connectivity index (χ0n) is 12.6. The lowest BCUT2D eigenvalue weighted by Crippen LogP contribution is -2.42. The van der Waals surface area contributed by atoms with Crippen molar-refractivity contribution in [1.29, 1.82) is 0 Å². The van der Waals surface area contributed by atoms with E-state index in [-0.39, 0.29) is 12.0 Å². The predicted molar refractivity (Wildman–Crippen MR) is 85.0 cm³/mol. The summed E-state index contributed by atoms with van der Waals surface area (Å²) in [5.74, 6) is 1.54. The van der Waals surface area contributed by atoms with Crippen LogP contribution in [0.3, 0.4) is 0 Å². The highest BCUT2D eigenvalue weighted by Crippen LogP contribution is 2.18. The quantitative estimate of drug-likeness (QED) is 0.869. The third-order valence-electron chi connectivity index (χ3n) is 3.74. The topological polar surface area (TPSA) is 55.3 Å². The summed E-state index contributed by atoms with van der Waals surface area (Å²) in [5, 5.41) is 2.01. The predicted octanol–water partition coefficient (Wildman–Crippen LogP) is 2.46. The molecule has 116 valence electrons. The molecule has 1 aliphatic rings. The van der Waals surface area contributed by atoms with Crippen molar-refractivity contribution in [2.75, 3.05) is 13.1 Å². The van der Waals surface area contributed by atoms with Gasteiger partial charge in [0.1, 0.15) is 11.9 Å². The van der Waals surface area contributed by atoms with Gasteiger partial charge in [-0.25, -0.2) is 4.98 Å². The van der Waals surface area contributed by atoms with Gasteiger partial charge in [-0.2, -0.15) is 4.98 Å². The van der Waals surface area contributed by atoms with Crippen LogP contribution in [0, 0.1) is 6.92 Å². The maximum Gasteiger partial charge on any atom is 0.227 e. The van der Waals surface area contributed by atoms with Crippen LogP contribution in [0.5, 0.6) is 5.88 Å². The molecule has 0 spiro atoms. The Balaban J connectivity index is 1.49. The highest BCUT2D eigenvalue weighted by Gasteiger charge is 2.24. The summed E-state index contributed by atoms with van der Waals surface area (Å²) in [6.45, 7) is 3.34. The minimum absolute atomic E-state index is 0.125. The van der Waals surface area contributed by atoms with Gasteiger partial charge in [0.25, 0.3) is 0 Å². The number of carbonyl (C=O) groups excluding carboxylic acids is 1. The molecule has 1 saturated heterocycles. The molecule has 6 heteroatoms. The van der Waals surface area contributed by atoms with Crippen LogP contribution in [0.4, 0.5) is 0 Å². The molecule has 22 heavy (non-hydrogen) atoms. The molecule has 1 fully saturated rings. The van der Waals surface area contributed by atoms with E-state index in [9.17, 15) is 4.79 Å². The van der Waals surface area contributed by atoms with Crippen LogP contribution < -0.4 is 4.74 Å². The Hall–Kier alpha value is -1.95. The first-order valence-electron chi connectivity index (χ1n) is 7.47. The maximum atomic E-state index is 12.2. The number of amides is 1. The molecule has 2 aromatic heterocycles. The number of aromatic nitrogens is 2. The summed E-state index contributed by atoms with van der Waals surface area (Å²) >= 11 is 1.63. The van der Waals surface area contributed by atoms with Gasteiger partial charge in [-0.3, -0.25) is 4.79 Å². The van der Waals surface area contributed by atoms with Gasteiger partial charge in [0.15, 0.2) is 0 Å². The van der Waals surface area contributed by atoms with Crippen molar-refractivity contribution >= 4 is 17.2 Å². The molecule has 1 aliphatic heterocycles. The minimum Gasteiger partial charge on any atom is -0.474 e. The van der Waals surface area contributed by atoms with E-state index in [0.29, 0.717) is 18.1 Å². The first kappa shape index (κ1) is 15.0. The molecule has 5 nitrogen and oxygen atoms in total. The van der Waals surface area contributed by atoms with Crippen LogP contribution in [-0.2, 0) is 11.2 Å². The molecule has 3 heterocycles. The Morgan fingerprint density at radius 3 is 2.91 bits per heavy atom. The van der Waals surface area contributed by atoms with Crippen LogP contribution in [0.15, 0.2) is 29.8 Å². The van der Waals surface area contributed by atoms with Gasteiger partial charge in [0, 0.05) is 43.1 Å². The van der Waals surface area contributed by atoms with E-state index in [0.717, 1.165) is 30.8 Å². The zero-order chi connectivity index (χ0) is 15.4. The van der Waals surface area contributed by atoms with Gasteiger partial charge in [0.2, 0.25) is 11.8 Å². The third-order valence-corrected chi connectivity index (χ3v) is 4.61. The Labute approximate surface area is 134 Å². The van der Waals surface area contributed by atoms with E-state index in [2.05, 4.69) is 9.97 Å². The van der Waals surface area contributed by atoms with Gasteiger partial charge < -0.3 is 9.64 Å². The lowest BCUT2D eigenvalue weighted by molar-refractivity contribution is -0.132. The van der Waals surface area contributed by atoms with Gasteiger partial charge >= 0.3 is 0 Å². The van der Waals surface area contributed by atoms with E-state index >= 15 is 0 Å². The number of piperidine rings is 1. The third kappa shape index (κ3) is 3.82. The Morgan fingerprint density at radius 2 is 2.23 bits per heavy atom. The van der Waals surface area contributed by atoms with Crippen molar-refractivity contribution in [3.63, 3.8) is 0 Å². The average Bonchev–Trinajstić information content (AvgIpc) is 3.01. The molecule has 0 radical (unpaired) electrons. The fraction of sp³-hybridized carbons (Fsp3) is 0.438. The number of carbonyl (C=O) groups is 1. The molecule has 2 aromatic rings. The van der Waals surface area contributed by atoms with E-state index in [1.54, 1.807) is 23.6 Å². The van der Waals surface area contributed by atoms with E-state index in [4.69, 9.17) is 4.74 Å². The highest BCUT2D eigenvalue weighted by molar-refractivity contribution is 7.10. The number of hydrogen-bond acceptors (Lipinski definition) is 5. The fourth-order valence-corrected chi connectivity index (χ4v) is 3.26. The second-order valence-electron chi connectivity index (χ2n) is 5.40. The highest BCUT2D eigenvalue weighted by atomic mass is 32.1. The number of thiophene rings is 1. The number of nitrogens with zero attached hydrogens (tertiary/aromatic N) is 3. The second-order valence-corrected chi connectivity index (χ2v) is 6.43. The fourth-order valence-electron chi connectivity index (χ4n) is 2.57. The van der Waals surface area contributed by atoms with Crippen molar-refractivity contribution in [2.45, 2.75) is 32.3 Å². The smallest absolute Gasteiger partial charge is 0.227 e. The molecule has 0 atom stereocenters. The van der Waals surface area contributed by atoms with Crippen LogP contribution in [0.2, 0.25) is 0 Å². The van der Waals surface area contributed by atoms with Gasteiger partial charge in [-0.15, -0.1) is 11.3 Å². The van der Waals surface area contributed by atoms with Crippen LogP contribution in [-0.4, -0.2) is 40.0 Å². The van der Waals surface area contributed by atoms with Crippen molar-refractivity contribution in [1.82, 2.24) is 14.9 Å². The largest absolute Gasteiger partial charge is 0.474 e. The molecular weight excluding hydrogens is 298 g/mol. The standard InChI is InChI=1S/C16H19N3O2S/c1-12-17-7-4-15(18-12)21-13-5-8-19(9-6-13)16(20)11-14-3-2-10-22-14/h2-4,7,10,13H,5-6,8-9,11H2,1H3. The lowest BCUT2D eigenvalue weighted by Gasteiger charge is -2.32. The number of ether oxygens (including phenoxy) is 1. The normalized spacial score (nSPS) is 15.8. The number of rotatable bonds is 4. The first-order valence-corrected chi connectivity index (χ1v) is 8.35. The van der Waals surface area contributed by atoms with E-state index in [1.165, 1.54) is 0 Å². The first-order chi connectivity index (χ1) is 10.7. The average molecular weight is 317 g/mol. The number of hydrogen-bond donors (Lipinski definition) is 0. The van der Waals surface area contributed by atoms with Crippen molar-refractivity contribution < 1.29 is 9.53 Å². The summed E-state index contributed by atoms with van der Waals surface area (Å²) in [5.41, 5.74) is 0. The summed E-state index contributed by atoms with van der Waals surface area (Å²) in [6.07, 6.45) is 4.03. The summed E-state index contributed by atoms with van der Waals surface area (Å²) in [7, 11) is 0. The SMILES string of the molecule is Cc1nccc(OC2CCN(C(=O)Cc3cccs3)CC2)n1. The van der Waals surface area contributed by atoms with Crippen LogP contribution >= 0.6 is 11.3 Å². The number of aryl methyl sites for hydroxylation is 1. The Kier molecular flexibility index (Phi) is 4.68. The molecule has 0 saturated carbocycles.